The smallest absolute Gasteiger partial charge is 0.252 e. The fourth-order valence-corrected chi connectivity index (χ4v) is 3.76. The number of carbonyl (C=O) groups excluding carboxylic acids is 1. The molecule has 0 saturated carbocycles. The van der Waals surface area contributed by atoms with Crippen LogP contribution in [0.1, 0.15) is 36.1 Å². The molecule has 4 heterocycles. The number of amides is 1. The maximum Gasteiger partial charge on any atom is 0.252 e. The lowest BCUT2D eigenvalue weighted by Gasteiger charge is -2.10. The molecule has 1 amide bonds. The van der Waals surface area contributed by atoms with Gasteiger partial charge in [0.2, 0.25) is 0 Å². The number of pyridine rings is 1. The Morgan fingerprint density at radius 2 is 2.25 bits per heavy atom. The van der Waals surface area contributed by atoms with Gasteiger partial charge in [-0.2, -0.15) is 10.2 Å². The van der Waals surface area contributed by atoms with E-state index in [-0.39, 0.29) is 18.5 Å². The lowest BCUT2D eigenvalue weighted by molar-refractivity contribution is 0.0951. The van der Waals surface area contributed by atoms with E-state index >= 15 is 0 Å². The summed E-state index contributed by atoms with van der Waals surface area (Å²) in [7, 11) is 1.81. The lowest BCUT2D eigenvalue weighted by Crippen LogP contribution is -2.25. The second-order valence-electron chi connectivity index (χ2n) is 6.64. The van der Waals surface area contributed by atoms with Gasteiger partial charge in [0.1, 0.15) is 0 Å². The quantitative estimate of drug-likeness (QED) is 0.489. The van der Waals surface area contributed by atoms with Gasteiger partial charge >= 0.3 is 0 Å². The predicted molar refractivity (Wildman–Crippen MR) is 111 cm³/mol. The van der Waals surface area contributed by atoms with Gasteiger partial charge in [0, 0.05) is 13.1 Å². The minimum atomic E-state index is -0.206. The third-order valence-electron chi connectivity index (χ3n) is 4.45. The molecule has 0 aliphatic carbocycles. The van der Waals surface area contributed by atoms with Crippen LogP contribution in [-0.4, -0.2) is 35.4 Å². The van der Waals surface area contributed by atoms with Crippen LogP contribution in [0.25, 0.3) is 21.6 Å². The van der Waals surface area contributed by atoms with Gasteiger partial charge in [0.15, 0.2) is 16.2 Å². The van der Waals surface area contributed by atoms with E-state index in [2.05, 4.69) is 20.6 Å². The van der Waals surface area contributed by atoms with Crippen molar-refractivity contribution in [1.29, 1.82) is 0 Å². The zero-order valence-corrected chi connectivity index (χ0v) is 17.3. The van der Waals surface area contributed by atoms with Crippen LogP contribution in [0.4, 0.5) is 0 Å². The minimum absolute atomic E-state index is 0.132. The molecule has 0 fully saturated rings. The second kappa shape index (κ2) is 7.28. The Kier molecular flexibility index (Phi) is 4.82. The Morgan fingerprint density at radius 3 is 2.89 bits per heavy atom. The fraction of sp³-hybridized carbons (Fsp3) is 0.278. The fourth-order valence-electron chi connectivity index (χ4n) is 2.93. The third-order valence-corrected chi connectivity index (χ3v) is 5.71. The number of H-pyrrole nitrogens is 1. The van der Waals surface area contributed by atoms with Crippen LogP contribution in [0.5, 0.6) is 0 Å². The Hall–Kier alpha value is -2.85. The molecule has 4 rings (SSSR count). The summed E-state index contributed by atoms with van der Waals surface area (Å²) in [6, 6.07) is 5.91. The van der Waals surface area contributed by atoms with Crippen LogP contribution >= 0.6 is 23.6 Å². The molecule has 0 saturated heterocycles. The Balaban J connectivity index is 1.75. The van der Waals surface area contributed by atoms with Gasteiger partial charge in [-0.15, -0.1) is 11.3 Å². The molecule has 10 heteroatoms. The minimum Gasteiger partial charge on any atom is -0.345 e. The SMILES string of the molecule is CC(C)n1ncc2c(C(=O)NCc3n[nH]c(=S)n3C)cc(-c3cccs3)nc21. The molecule has 0 spiro atoms. The summed E-state index contributed by atoms with van der Waals surface area (Å²) < 4.78 is 4.07. The zero-order valence-electron chi connectivity index (χ0n) is 15.6. The Bertz CT molecular complexity index is 1200. The van der Waals surface area contributed by atoms with Crippen LogP contribution in [-0.2, 0) is 13.6 Å². The van der Waals surface area contributed by atoms with Crippen molar-refractivity contribution in [3.05, 3.63) is 45.9 Å². The molecular weight excluding hydrogens is 394 g/mol. The van der Waals surface area contributed by atoms with Gasteiger partial charge in [0.25, 0.3) is 5.91 Å². The molecule has 144 valence electrons. The molecule has 0 unspecified atom stereocenters. The molecule has 4 aromatic heterocycles. The number of hydrogen-bond acceptors (Lipinski definition) is 6. The zero-order chi connectivity index (χ0) is 19.8. The summed E-state index contributed by atoms with van der Waals surface area (Å²) in [5.74, 6) is 0.447. The average Bonchev–Trinajstić information content (AvgIpc) is 3.40. The Labute approximate surface area is 170 Å². The summed E-state index contributed by atoms with van der Waals surface area (Å²) in [6.07, 6.45) is 1.70. The third kappa shape index (κ3) is 3.25. The maximum absolute atomic E-state index is 13.0. The first kappa shape index (κ1) is 18.5. The summed E-state index contributed by atoms with van der Waals surface area (Å²) in [6.45, 7) is 4.34. The van der Waals surface area contributed by atoms with E-state index < -0.39 is 0 Å². The normalized spacial score (nSPS) is 11.4. The van der Waals surface area contributed by atoms with Crippen molar-refractivity contribution in [3.63, 3.8) is 0 Å². The first-order chi connectivity index (χ1) is 13.5. The molecule has 0 aliphatic heterocycles. The highest BCUT2D eigenvalue weighted by Crippen LogP contribution is 2.28. The molecule has 0 aromatic carbocycles. The highest BCUT2D eigenvalue weighted by molar-refractivity contribution is 7.71. The van der Waals surface area contributed by atoms with Crippen molar-refractivity contribution >= 4 is 40.5 Å². The van der Waals surface area contributed by atoms with E-state index in [0.717, 1.165) is 16.0 Å². The van der Waals surface area contributed by atoms with Gasteiger partial charge < -0.3 is 9.88 Å². The standard InChI is InChI=1S/C18H19N7OS2/c1-10(2)25-16-12(8-20-25)11(7-13(21-16)14-5-4-6-28-14)17(26)19-9-15-22-23-18(27)24(15)3/h4-8,10H,9H2,1-3H3,(H,19,26)(H,23,27). The average molecular weight is 414 g/mol. The van der Waals surface area contributed by atoms with Gasteiger partial charge in [-0.05, 0) is 43.6 Å². The summed E-state index contributed by atoms with van der Waals surface area (Å²) in [5, 5.41) is 16.9. The molecule has 4 aromatic rings. The largest absolute Gasteiger partial charge is 0.345 e. The highest BCUT2D eigenvalue weighted by atomic mass is 32.1. The summed E-state index contributed by atoms with van der Waals surface area (Å²) in [4.78, 5) is 18.8. The first-order valence-electron chi connectivity index (χ1n) is 8.76. The number of hydrogen-bond donors (Lipinski definition) is 2. The van der Waals surface area contributed by atoms with Gasteiger partial charge in [-0.25, -0.2) is 9.67 Å². The monoisotopic (exact) mass is 413 g/mol. The van der Waals surface area contributed by atoms with Gasteiger partial charge in [0.05, 0.1) is 34.3 Å². The van der Waals surface area contributed by atoms with Crippen LogP contribution in [0.2, 0.25) is 0 Å². The first-order valence-corrected chi connectivity index (χ1v) is 10.0. The van der Waals surface area contributed by atoms with Crippen molar-refractivity contribution in [2.45, 2.75) is 26.4 Å². The highest BCUT2D eigenvalue weighted by Gasteiger charge is 2.19. The summed E-state index contributed by atoms with van der Waals surface area (Å²) in [5.41, 5.74) is 1.99. The van der Waals surface area contributed by atoms with E-state index in [4.69, 9.17) is 17.2 Å². The summed E-state index contributed by atoms with van der Waals surface area (Å²) >= 11 is 6.70. The number of aromatic nitrogens is 6. The molecule has 0 bridgehead atoms. The molecular formula is C18H19N7OS2. The van der Waals surface area contributed by atoms with Crippen molar-refractivity contribution in [2.75, 3.05) is 0 Å². The van der Waals surface area contributed by atoms with E-state index in [1.54, 1.807) is 29.1 Å². The number of rotatable bonds is 5. The lowest BCUT2D eigenvalue weighted by atomic mass is 10.1. The molecule has 8 nitrogen and oxygen atoms in total. The van der Waals surface area contributed by atoms with Crippen molar-refractivity contribution in [3.8, 4) is 10.6 Å². The number of nitrogens with one attached hydrogen (secondary N) is 2. The predicted octanol–water partition coefficient (Wildman–Crippen LogP) is 3.46. The number of carbonyl (C=O) groups is 1. The second-order valence-corrected chi connectivity index (χ2v) is 7.97. The molecule has 0 atom stereocenters. The number of aromatic amines is 1. The van der Waals surface area contributed by atoms with Crippen LogP contribution in [0, 0.1) is 4.77 Å². The molecule has 2 N–H and O–H groups in total. The number of thiophene rings is 1. The number of nitrogens with zero attached hydrogens (tertiary/aromatic N) is 5. The van der Waals surface area contributed by atoms with Crippen LogP contribution in [0.3, 0.4) is 0 Å². The van der Waals surface area contributed by atoms with E-state index in [0.29, 0.717) is 21.8 Å². The topological polar surface area (TPSA) is 93.4 Å². The Morgan fingerprint density at radius 1 is 1.43 bits per heavy atom. The van der Waals surface area contributed by atoms with Gasteiger partial charge in [-0.3, -0.25) is 9.89 Å². The maximum atomic E-state index is 13.0. The van der Waals surface area contributed by atoms with Crippen LogP contribution in [0.15, 0.2) is 29.8 Å². The van der Waals surface area contributed by atoms with Crippen molar-refractivity contribution < 1.29 is 4.79 Å². The van der Waals surface area contributed by atoms with Gasteiger partial charge in [-0.1, -0.05) is 6.07 Å². The molecule has 0 radical (unpaired) electrons. The van der Waals surface area contributed by atoms with E-state index in [9.17, 15) is 4.79 Å². The van der Waals surface area contributed by atoms with Crippen molar-refractivity contribution in [2.24, 2.45) is 7.05 Å². The molecule has 28 heavy (non-hydrogen) atoms. The molecule has 0 aliphatic rings. The van der Waals surface area contributed by atoms with Crippen LogP contribution < -0.4 is 5.32 Å². The van der Waals surface area contributed by atoms with E-state index in [1.807, 2.05) is 42.1 Å². The van der Waals surface area contributed by atoms with E-state index in [1.165, 1.54) is 0 Å². The number of fused-ring (bicyclic) bond motifs is 1. The van der Waals surface area contributed by atoms with Crippen molar-refractivity contribution in [1.82, 2.24) is 34.8 Å².